The van der Waals surface area contributed by atoms with Crippen LogP contribution in [0.15, 0.2) is 30.4 Å². The number of aromatic nitrogens is 4. The van der Waals surface area contributed by atoms with E-state index in [1.807, 2.05) is 12.2 Å². The lowest BCUT2D eigenvalue weighted by atomic mass is 10.0. The third-order valence-electron chi connectivity index (χ3n) is 8.29. The largest absolute Gasteiger partial charge is 0.506 e. The molecule has 2 aliphatic heterocycles. The van der Waals surface area contributed by atoms with Gasteiger partial charge in [0.05, 0.1) is 11.1 Å². The van der Waals surface area contributed by atoms with Gasteiger partial charge < -0.3 is 30.5 Å². The van der Waals surface area contributed by atoms with Gasteiger partial charge in [-0.3, -0.25) is 9.59 Å². The van der Waals surface area contributed by atoms with Crippen molar-refractivity contribution in [3.8, 4) is 17.1 Å². The molecule has 3 aliphatic rings. The van der Waals surface area contributed by atoms with Crippen molar-refractivity contribution in [1.29, 1.82) is 0 Å². The molecule has 1 saturated heterocycles. The van der Waals surface area contributed by atoms with Crippen LogP contribution >= 0.6 is 11.6 Å². The topological polar surface area (TPSA) is 189 Å². The number of phenolic OH excluding ortho intramolecular Hbond substituents is 1. The number of carbonyl (C=O) groups excluding carboxylic acids is 3. The molecular weight excluding hydrogens is 606 g/mol. The first-order chi connectivity index (χ1) is 21.3. The summed E-state index contributed by atoms with van der Waals surface area (Å²) in [6.07, 6.45) is 6.68. The van der Waals surface area contributed by atoms with Gasteiger partial charge in [-0.15, -0.1) is 10.2 Å². The molecule has 3 heterocycles. The zero-order valence-electron chi connectivity index (χ0n) is 25.4. The molecule has 14 nitrogen and oxygen atoms in total. The van der Waals surface area contributed by atoms with E-state index in [4.69, 9.17) is 16.3 Å². The molecule has 5 atom stereocenters. The summed E-state index contributed by atoms with van der Waals surface area (Å²) >= 11 is 6.05. The number of carboxylic acids is 1. The molecule has 15 heteroatoms. The average Bonchev–Trinajstić information content (AvgIpc) is 3.28. The number of carbonyl (C=O) groups is 4. The predicted octanol–water partition coefficient (Wildman–Crippen LogP) is 3.21. The molecule has 1 saturated carbocycles. The average molecular weight is 644 g/mol. The smallest absolute Gasteiger partial charge is 0.408 e. The first-order valence-electron chi connectivity index (χ1n) is 15.1. The van der Waals surface area contributed by atoms with Crippen molar-refractivity contribution in [1.82, 2.24) is 35.7 Å². The van der Waals surface area contributed by atoms with Gasteiger partial charge in [0.15, 0.2) is 0 Å². The van der Waals surface area contributed by atoms with Crippen molar-refractivity contribution in [2.24, 2.45) is 5.92 Å². The third-order valence-corrected chi connectivity index (χ3v) is 8.59. The van der Waals surface area contributed by atoms with Crippen molar-refractivity contribution in [3.05, 3.63) is 35.4 Å². The van der Waals surface area contributed by atoms with Gasteiger partial charge in [0, 0.05) is 24.4 Å². The zero-order valence-corrected chi connectivity index (χ0v) is 26.2. The van der Waals surface area contributed by atoms with E-state index in [9.17, 15) is 29.4 Å². The fraction of sp³-hybridized carbons (Fsp3) is 0.567. The highest BCUT2D eigenvalue weighted by Gasteiger charge is 2.61. The van der Waals surface area contributed by atoms with Gasteiger partial charge >= 0.3 is 12.1 Å². The lowest BCUT2D eigenvalue weighted by molar-refractivity contribution is -0.145. The molecule has 5 rings (SSSR count). The second-order valence-corrected chi connectivity index (χ2v) is 13.2. The number of hydrogen-bond acceptors (Lipinski definition) is 9. The summed E-state index contributed by atoms with van der Waals surface area (Å²) in [4.78, 5) is 55.7. The second-order valence-electron chi connectivity index (χ2n) is 12.8. The molecule has 0 bridgehead atoms. The molecule has 45 heavy (non-hydrogen) atoms. The van der Waals surface area contributed by atoms with Gasteiger partial charge in [-0.25, -0.2) is 9.59 Å². The van der Waals surface area contributed by atoms with Crippen LogP contribution in [0.1, 0.15) is 71.8 Å². The van der Waals surface area contributed by atoms with Crippen molar-refractivity contribution >= 4 is 35.5 Å². The quantitative estimate of drug-likeness (QED) is 0.360. The van der Waals surface area contributed by atoms with Crippen LogP contribution in [0.5, 0.6) is 5.75 Å². The highest BCUT2D eigenvalue weighted by Crippen LogP contribution is 2.45. The molecule has 1 aliphatic carbocycles. The van der Waals surface area contributed by atoms with Gasteiger partial charge in [0.1, 0.15) is 29.0 Å². The van der Waals surface area contributed by atoms with Crippen LogP contribution in [0.3, 0.4) is 0 Å². The van der Waals surface area contributed by atoms with E-state index in [1.165, 1.54) is 21.8 Å². The van der Waals surface area contributed by atoms with Crippen molar-refractivity contribution in [3.63, 3.8) is 0 Å². The number of ether oxygens (including phenoxy) is 1. The van der Waals surface area contributed by atoms with Crippen LogP contribution in [0.25, 0.3) is 11.4 Å². The monoisotopic (exact) mass is 643 g/mol. The maximum absolute atomic E-state index is 14.1. The summed E-state index contributed by atoms with van der Waals surface area (Å²) in [6.45, 7) is 5.18. The number of phenols is 1. The summed E-state index contributed by atoms with van der Waals surface area (Å²) < 4.78 is 5.43. The zero-order chi connectivity index (χ0) is 32.5. The van der Waals surface area contributed by atoms with E-state index < -0.39 is 53.1 Å². The summed E-state index contributed by atoms with van der Waals surface area (Å²) in [5, 5.41) is 38.1. The third kappa shape index (κ3) is 7.21. The number of hydrogen-bond donors (Lipinski definition) is 4. The second kappa shape index (κ2) is 12.7. The van der Waals surface area contributed by atoms with E-state index in [-0.39, 0.29) is 41.9 Å². The van der Waals surface area contributed by atoms with Crippen molar-refractivity contribution < 1.29 is 34.1 Å². The fourth-order valence-corrected chi connectivity index (χ4v) is 6.02. The summed E-state index contributed by atoms with van der Waals surface area (Å²) in [6, 6.07) is 1.85. The Bertz CT molecular complexity index is 1510. The van der Waals surface area contributed by atoms with Gasteiger partial charge in [0.25, 0.3) is 0 Å². The minimum atomic E-state index is -1.45. The van der Waals surface area contributed by atoms with Crippen molar-refractivity contribution in [2.45, 2.75) is 95.0 Å². The molecule has 2 aromatic rings. The predicted molar refractivity (Wildman–Crippen MR) is 161 cm³/mol. The van der Waals surface area contributed by atoms with Crippen LogP contribution in [-0.4, -0.2) is 89.0 Å². The molecule has 3 amide bonds. The molecule has 242 valence electrons. The number of carboxylic acid groups (broad SMARTS) is 1. The minimum Gasteiger partial charge on any atom is -0.506 e. The lowest BCUT2D eigenvalue weighted by Gasteiger charge is -2.30. The molecule has 1 aromatic heterocycles. The number of halogens is 1. The Balaban J connectivity index is 1.45. The highest BCUT2D eigenvalue weighted by atomic mass is 35.5. The number of alkyl carbamates (subject to hydrolysis) is 1. The lowest BCUT2D eigenvalue weighted by Crippen LogP contribution is -2.56. The Morgan fingerprint density at radius 2 is 1.98 bits per heavy atom. The highest BCUT2D eigenvalue weighted by molar-refractivity contribution is 6.32. The Hall–Kier alpha value is -4.20. The van der Waals surface area contributed by atoms with Crippen LogP contribution in [0.2, 0.25) is 5.02 Å². The molecular formula is C30H38ClN7O7. The minimum absolute atomic E-state index is 0.0129. The first kappa shape index (κ1) is 32.2. The number of fused-ring (bicyclic) bond motifs is 2. The van der Waals surface area contributed by atoms with E-state index in [1.54, 1.807) is 26.8 Å². The molecule has 4 N–H and O–H groups in total. The Morgan fingerprint density at radius 3 is 2.69 bits per heavy atom. The maximum atomic E-state index is 14.1. The van der Waals surface area contributed by atoms with Gasteiger partial charge in [-0.2, -0.15) is 4.80 Å². The maximum Gasteiger partial charge on any atom is 0.408 e. The number of allylic oxidation sites excluding steroid dienone is 1. The van der Waals surface area contributed by atoms with E-state index in [0.29, 0.717) is 18.4 Å². The number of amides is 3. The van der Waals surface area contributed by atoms with Crippen molar-refractivity contribution in [2.75, 3.05) is 6.54 Å². The summed E-state index contributed by atoms with van der Waals surface area (Å²) in [7, 11) is 0. The van der Waals surface area contributed by atoms with E-state index in [0.717, 1.165) is 19.3 Å². The number of nitrogens with one attached hydrogen (secondary N) is 2. The van der Waals surface area contributed by atoms with E-state index >= 15 is 0 Å². The van der Waals surface area contributed by atoms with Crippen LogP contribution in [-0.2, 0) is 19.1 Å². The molecule has 0 unspecified atom stereocenters. The molecule has 2 fully saturated rings. The van der Waals surface area contributed by atoms with E-state index in [2.05, 4.69) is 26.0 Å². The summed E-state index contributed by atoms with van der Waals surface area (Å²) in [5.74, 6) is -2.47. The normalized spacial score (nSPS) is 28.1. The SMILES string of the molecule is CC(C)(C)OC(=O)N[C@@H]1CCCCC/C=C\[C@H]2C[C@]2(C(=O)O)NC(=O)[C@@H]2C[C@H](n3nnc(-c4ccc(O)c(Cl)c4)n3)CN2C1=O. The fourth-order valence-electron chi connectivity index (χ4n) is 5.84. The number of benzene rings is 1. The van der Waals surface area contributed by atoms with Gasteiger partial charge in [-0.1, -0.05) is 36.6 Å². The molecule has 1 aromatic carbocycles. The molecule has 0 radical (unpaired) electrons. The van der Waals surface area contributed by atoms with Crippen LogP contribution < -0.4 is 10.6 Å². The van der Waals surface area contributed by atoms with Crippen LogP contribution in [0, 0.1) is 5.92 Å². The number of tetrazole rings is 1. The first-order valence-corrected chi connectivity index (χ1v) is 15.5. The number of aromatic hydroxyl groups is 1. The molecule has 0 spiro atoms. The summed E-state index contributed by atoms with van der Waals surface area (Å²) in [5.41, 5.74) is -1.74. The Labute approximate surface area is 265 Å². The van der Waals surface area contributed by atoms with Gasteiger partial charge in [0.2, 0.25) is 17.6 Å². The Kier molecular flexibility index (Phi) is 9.06. The number of rotatable bonds is 4. The Morgan fingerprint density at radius 1 is 1.20 bits per heavy atom. The standard InChI is InChI=1S/C30H38ClN7O7/c1-29(2,3)45-28(44)32-21-10-8-6-4-5-7-9-18-15-30(18,27(42)43)33-25(40)22-14-19(16-37(22)26(21)41)38-35-24(34-36-38)17-11-12-23(39)20(31)13-17/h7,9,11-13,18-19,21-22,39H,4-6,8,10,14-16H2,1-3H3,(H,32,44)(H,33,40)(H,42,43)/b9-7-/t18-,19-,21+,22-,30-/m0/s1. The number of nitrogens with zero attached hydrogens (tertiary/aromatic N) is 5. The van der Waals surface area contributed by atoms with Gasteiger partial charge in [-0.05, 0) is 69.9 Å². The van der Waals surface area contributed by atoms with Crippen LogP contribution in [0.4, 0.5) is 4.79 Å². The number of aliphatic carboxylic acids is 1.